The lowest BCUT2D eigenvalue weighted by Crippen LogP contribution is -2.38. The molecule has 4 rings (SSSR count). The van der Waals surface area contributed by atoms with Gasteiger partial charge in [0.25, 0.3) is 0 Å². The van der Waals surface area contributed by atoms with E-state index >= 15 is 0 Å². The highest BCUT2D eigenvalue weighted by molar-refractivity contribution is 5.30. The van der Waals surface area contributed by atoms with Gasteiger partial charge in [-0.15, -0.1) is 5.10 Å². The van der Waals surface area contributed by atoms with Crippen molar-refractivity contribution in [3.05, 3.63) is 71.8 Å². The first-order valence-electron chi connectivity index (χ1n) is 8.22. The quantitative estimate of drug-likeness (QED) is 0.730. The van der Waals surface area contributed by atoms with Crippen LogP contribution in [0.5, 0.6) is 0 Å². The molecule has 0 radical (unpaired) electrons. The van der Waals surface area contributed by atoms with Crippen molar-refractivity contribution in [1.82, 2.24) is 25.1 Å². The molecular formula is C18H18FN5O. The van der Waals surface area contributed by atoms with Crippen molar-refractivity contribution in [3.8, 4) is 5.69 Å². The Morgan fingerprint density at radius 2 is 1.88 bits per heavy atom. The molecule has 2 heterocycles. The molecule has 2 aromatic carbocycles. The Morgan fingerprint density at radius 3 is 2.68 bits per heavy atom. The Labute approximate surface area is 144 Å². The molecule has 128 valence electrons. The molecule has 1 fully saturated rings. The van der Waals surface area contributed by atoms with E-state index in [4.69, 9.17) is 4.74 Å². The molecule has 0 saturated carbocycles. The summed E-state index contributed by atoms with van der Waals surface area (Å²) in [6, 6.07) is 16.3. The molecule has 25 heavy (non-hydrogen) atoms. The Morgan fingerprint density at radius 1 is 1.08 bits per heavy atom. The van der Waals surface area contributed by atoms with Crippen LogP contribution in [0.2, 0.25) is 0 Å². The number of morpholine rings is 1. The molecule has 7 heteroatoms. The van der Waals surface area contributed by atoms with Crippen LogP contribution in [-0.2, 0) is 11.3 Å². The van der Waals surface area contributed by atoms with Crippen LogP contribution in [0.1, 0.15) is 17.5 Å². The summed E-state index contributed by atoms with van der Waals surface area (Å²) in [5.41, 5.74) is 1.92. The second-order valence-electron chi connectivity index (χ2n) is 5.99. The summed E-state index contributed by atoms with van der Waals surface area (Å²) < 4.78 is 20.7. The van der Waals surface area contributed by atoms with Gasteiger partial charge in [-0.05, 0) is 40.3 Å². The zero-order valence-electron chi connectivity index (χ0n) is 13.6. The fraction of sp³-hybridized carbons (Fsp3) is 0.278. The summed E-state index contributed by atoms with van der Waals surface area (Å²) in [6.07, 6.45) is -0.0737. The highest BCUT2D eigenvalue weighted by Gasteiger charge is 2.23. The van der Waals surface area contributed by atoms with Gasteiger partial charge in [-0.2, -0.15) is 4.68 Å². The molecule has 1 aromatic heterocycles. The molecule has 1 aliphatic rings. The third kappa shape index (κ3) is 3.57. The lowest BCUT2D eigenvalue weighted by Gasteiger charge is -2.32. The molecular weight excluding hydrogens is 321 g/mol. The zero-order valence-corrected chi connectivity index (χ0v) is 13.6. The minimum Gasteiger partial charge on any atom is -0.371 e. The molecule has 0 amide bonds. The summed E-state index contributed by atoms with van der Waals surface area (Å²) >= 11 is 0. The second-order valence-corrected chi connectivity index (χ2v) is 5.99. The Hall–Kier alpha value is -2.64. The first-order valence-corrected chi connectivity index (χ1v) is 8.22. The van der Waals surface area contributed by atoms with Crippen LogP contribution in [0.15, 0.2) is 54.6 Å². The van der Waals surface area contributed by atoms with Crippen molar-refractivity contribution >= 4 is 0 Å². The minimum atomic E-state index is -0.238. The number of hydrogen-bond acceptors (Lipinski definition) is 5. The van der Waals surface area contributed by atoms with Gasteiger partial charge in [0, 0.05) is 13.1 Å². The monoisotopic (exact) mass is 339 g/mol. The molecule has 1 saturated heterocycles. The fourth-order valence-electron chi connectivity index (χ4n) is 3.00. The smallest absolute Gasteiger partial charge is 0.170 e. The molecule has 1 aliphatic heterocycles. The average Bonchev–Trinajstić information content (AvgIpc) is 3.11. The van der Waals surface area contributed by atoms with Gasteiger partial charge < -0.3 is 4.74 Å². The van der Waals surface area contributed by atoms with Gasteiger partial charge in [-0.1, -0.05) is 30.3 Å². The third-order valence-electron chi connectivity index (χ3n) is 4.29. The summed E-state index contributed by atoms with van der Waals surface area (Å²) in [6.45, 7) is 2.77. The van der Waals surface area contributed by atoms with Crippen molar-refractivity contribution in [3.63, 3.8) is 0 Å². The van der Waals surface area contributed by atoms with E-state index in [-0.39, 0.29) is 11.9 Å². The molecule has 1 atom stereocenters. The number of ether oxygens (including phenoxy) is 1. The lowest BCUT2D eigenvalue weighted by atomic mass is 10.1. The number of halogens is 1. The number of nitrogens with zero attached hydrogens (tertiary/aromatic N) is 5. The van der Waals surface area contributed by atoms with Gasteiger partial charge in [0.05, 0.1) is 24.9 Å². The van der Waals surface area contributed by atoms with Crippen LogP contribution in [0.3, 0.4) is 0 Å². The number of para-hydroxylation sites is 1. The van der Waals surface area contributed by atoms with Gasteiger partial charge in [0.1, 0.15) is 5.82 Å². The standard InChI is InChI=1S/C18H18FN5O/c19-15-8-6-14(7-9-15)17-12-23(10-11-25-17)13-18-20-21-22-24(18)16-4-2-1-3-5-16/h1-9,17H,10-13H2. The van der Waals surface area contributed by atoms with E-state index in [9.17, 15) is 4.39 Å². The number of tetrazole rings is 1. The largest absolute Gasteiger partial charge is 0.371 e. The van der Waals surface area contributed by atoms with Gasteiger partial charge in [-0.25, -0.2) is 4.39 Å². The van der Waals surface area contributed by atoms with E-state index in [2.05, 4.69) is 20.4 Å². The number of hydrogen-bond donors (Lipinski definition) is 0. The van der Waals surface area contributed by atoms with Crippen LogP contribution in [0, 0.1) is 5.82 Å². The second kappa shape index (κ2) is 7.08. The maximum atomic E-state index is 13.1. The van der Waals surface area contributed by atoms with Crippen LogP contribution < -0.4 is 0 Å². The van der Waals surface area contributed by atoms with Crippen molar-refractivity contribution in [1.29, 1.82) is 0 Å². The van der Waals surface area contributed by atoms with Crippen molar-refractivity contribution in [2.45, 2.75) is 12.6 Å². The van der Waals surface area contributed by atoms with E-state index in [1.807, 2.05) is 30.3 Å². The Balaban J connectivity index is 1.48. The number of rotatable bonds is 4. The molecule has 3 aromatic rings. The Kier molecular flexibility index (Phi) is 4.49. The summed E-state index contributed by atoms with van der Waals surface area (Å²) in [5.74, 6) is 0.546. The van der Waals surface area contributed by atoms with E-state index in [0.29, 0.717) is 19.7 Å². The molecule has 6 nitrogen and oxygen atoms in total. The molecule has 0 spiro atoms. The van der Waals surface area contributed by atoms with Crippen molar-refractivity contribution in [2.75, 3.05) is 19.7 Å². The summed E-state index contributed by atoms with van der Waals surface area (Å²) in [5, 5.41) is 12.1. The molecule has 0 bridgehead atoms. The normalized spacial score (nSPS) is 18.4. The topological polar surface area (TPSA) is 56.1 Å². The van der Waals surface area contributed by atoms with Gasteiger partial charge in [0.15, 0.2) is 5.82 Å². The number of benzene rings is 2. The zero-order chi connectivity index (χ0) is 17.1. The Bertz CT molecular complexity index is 821. The van der Waals surface area contributed by atoms with Crippen molar-refractivity contribution < 1.29 is 9.13 Å². The maximum Gasteiger partial charge on any atom is 0.170 e. The molecule has 1 unspecified atom stereocenters. The lowest BCUT2D eigenvalue weighted by molar-refractivity contribution is -0.0338. The maximum absolute atomic E-state index is 13.1. The van der Waals surface area contributed by atoms with Crippen LogP contribution in [0.4, 0.5) is 4.39 Å². The predicted octanol–water partition coefficient (Wildman–Crippen LogP) is 2.37. The average molecular weight is 339 g/mol. The highest BCUT2D eigenvalue weighted by atomic mass is 19.1. The van der Waals surface area contributed by atoms with E-state index in [0.717, 1.165) is 23.6 Å². The highest BCUT2D eigenvalue weighted by Crippen LogP contribution is 2.23. The summed E-state index contributed by atoms with van der Waals surface area (Å²) in [4.78, 5) is 2.25. The molecule has 0 aliphatic carbocycles. The first-order chi connectivity index (χ1) is 12.3. The van der Waals surface area contributed by atoms with E-state index < -0.39 is 0 Å². The van der Waals surface area contributed by atoms with E-state index in [1.165, 1.54) is 12.1 Å². The van der Waals surface area contributed by atoms with Gasteiger partial charge >= 0.3 is 0 Å². The fourth-order valence-corrected chi connectivity index (χ4v) is 3.00. The first kappa shape index (κ1) is 15.9. The minimum absolute atomic E-state index is 0.0737. The SMILES string of the molecule is Fc1ccc(C2CN(Cc3nnnn3-c3ccccc3)CCO2)cc1. The van der Waals surface area contributed by atoms with Gasteiger partial charge in [0.2, 0.25) is 0 Å². The van der Waals surface area contributed by atoms with Crippen LogP contribution >= 0.6 is 0 Å². The molecule has 0 N–H and O–H groups in total. The van der Waals surface area contributed by atoms with E-state index in [1.54, 1.807) is 16.8 Å². The summed E-state index contributed by atoms with van der Waals surface area (Å²) in [7, 11) is 0. The predicted molar refractivity (Wildman–Crippen MR) is 89.5 cm³/mol. The van der Waals surface area contributed by atoms with Gasteiger partial charge in [-0.3, -0.25) is 4.90 Å². The van der Waals surface area contributed by atoms with Crippen LogP contribution in [0.25, 0.3) is 5.69 Å². The third-order valence-corrected chi connectivity index (χ3v) is 4.29. The number of aromatic nitrogens is 4. The van der Waals surface area contributed by atoms with Crippen molar-refractivity contribution in [2.24, 2.45) is 0 Å². The van der Waals surface area contributed by atoms with Crippen LogP contribution in [-0.4, -0.2) is 44.8 Å².